The zero-order valence-corrected chi connectivity index (χ0v) is 24.8. The van der Waals surface area contributed by atoms with E-state index in [0.717, 1.165) is 5.56 Å². The summed E-state index contributed by atoms with van der Waals surface area (Å²) in [6, 6.07) is 20.0. The summed E-state index contributed by atoms with van der Waals surface area (Å²) in [5.74, 6) is 0.809. The number of benzene rings is 3. The second kappa shape index (κ2) is 13.6. The number of carbonyl (C=O) groups excluding carboxylic acids is 2. The minimum atomic E-state index is -1.15. The summed E-state index contributed by atoms with van der Waals surface area (Å²) in [5.41, 5.74) is 3.02. The van der Waals surface area contributed by atoms with Gasteiger partial charge in [-0.3, -0.25) is 14.6 Å². The molecule has 0 aliphatic carbocycles. The van der Waals surface area contributed by atoms with E-state index in [4.69, 9.17) is 18.9 Å². The summed E-state index contributed by atoms with van der Waals surface area (Å²) in [5, 5.41) is 11.3. The topological polar surface area (TPSA) is 130 Å². The van der Waals surface area contributed by atoms with Crippen molar-refractivity contribution in [1.29, 1.82) is 0 Å². The van der Waals surface area contributed by atoms with Crippen molar-refractivity contribution in [2.75, 3.05) is 33.8 Å². The molecule has 0 unspecified atom stereocenters. The lowest BCUT2D eigenvalue weighted by molar-refractivity contribution is -0.140. The Bertz CT molecular complexity index is 1720. The van der Waals surface area contributed by atoms with Crippen molar-refractivity contribution < 1.29 is 28.5 Å². The molecule has 5 aromatic rings. The molecule has 0 spiro atoms. The maximum absolute atomic E-state index is 14.3. The number of amides is 2. The van der Waals surface area contributed by atoms with E-state index in [-0.39, 0.29) is 19.0 Å². The number of aromatic nitrogens is 4. The molecule has 0 bridgehead atoms. The first-order valence-electron chi connectivity index (χ1n) is 13.7. The molecule has 0 radical (unpaired) electrons. The third-order valence-electron chi connectivity index (χ3n) is 7.02. The van der Waals surface area contributed by atoms with Crippen LogP contribution in [0.15, 0.2) is 85.2 Å². The molecule has 2 heterocycles. The average Bonchev–Trinajstić information content (AvgIpc) is 3.47. The molecule has 12 heteroatoms. The van der Waals surface area contributed by atoms with Crippen LogP contribution in [0.2, 0.25) is 0 Å². The Morgan fingerprint density at radius 3 is 2.25 bits per heavy atom. The van der Waals surface area contributed by atoms with E-state index < -0.39 is 11.9 Å². The molecule has 5 rings (SSSR count). The summed E-state index contributed by atoms with van der Waals surface area (Å²) in [6.07, 6.45) is 3.29. The van der Waals surface area contributed by atoms with Crippen LogP contribution >= 0.6 is 0 Å². The number of nitrogens with one attached hydrogen (secondary N) is 1. The molecule has 0 saturated carbocycles. The van der Waals surface area contributed by atoms with Crippen molar-refractivity contribution in [3.63, 3.8) is 0 Å². The molecular weight excluding hydrogens is 564 g/mol. The first kappa shape index (κ1) is 29.8. The summed E-state index contributed by atoms with van der Waals surface area (Å²) >= 11 is 0. The van der Waals surface area contributed by atoms with E-state index in [2.05, 4.69) is 20.6 Å². The predicted octanol–water partition coefficient (Wildman–Crippen LogP) is 4.27. The minimum Gasteiger partial charge on any atom is -0.497 e. The fraction of sp³-hybridized carbons (Fsp3) is 0.219. The van der Waals surface area contributed by atoms with E-state index in [1.54, 1.807) is 62.0 Å². The van der Waals surface area contributed by atoms with Crippen molar-refractivity contribution in [1.82, 2.24) is 24.9 Å². The maximum atomic E-state index is 14.3. The van der Waals surface area contributed by atoms with E-state index in [9.17, 15) is 9.59 Å². The SMILES string of the molecule is COc1ccc(NC(=O)[C@@H](c2cc(OC)c(OC)c(OC)c2)N(Cc2cccnc2)C(=O)Cn2nnc3ccccc32)cc1. The summed E-state index contributed by atoms with van der Waals surface area (Å²) in [7, 11) is 6.03. The number of hydrogen-bond acceptors (Lipinski definition) is 9. The zero-order chi connectivity index (χ0) is 31.1. The molecule has 3 aromatic carbocycles. The number of ether oxygens (including phenoxy) is 4. The highest BCUT2D eigenvalue weighted by Crippen LogP contribution is 2.41. The summed E-state index contributed by atoms with van der Waals surface area (Å²) in [6.45, 7) is -0.103. The molecule has 12 nitrogen and oxygen atoms in total. The Labute approximate surface area is 254 Å². The van der Waals surface area contributed by atoms with Gasteiger partial charge in [-0.1, -0.05) is 23.4 Å². The summed E-state index contributed by atoms with van der Waals surface area (Å²) < 4.78 is 23.5. The van der Waals surface area contributed by atoms with E-state index >= 15 is 0 Å². The van der Waals surface area contributed by atoms with Gasteiger partial charge in [-0.05, 0) is 65.7 Å². The van der Waals surface area contributed by atoms with Gasteiger partial charge < -0.3 is 29.2 Å². The molecule has 0 aliphatic heterocycles. The predicted molar refractivity (Wildman–Crippen MR) is 163 cm³/mol. The van der Waals surface area contributed by atoms with Gasteiger partial charge >= 0.3 is 0 Å². The highest BCUT2D eigenvalue weighted by atomic mass is 16.5. The fourth-order valence-electron chi connectivity index (χ4n) is 4.88. The van der Waals surface area contributed by atoms with Crippen LogP contribution in [0, 0.1) is 0 Å². The summed E-state index contributed by atoms with van der Waals surface area (Å²) in [4.78, 5) is 34.2. The first-order valence-corrected chi connectivity index (χ1v) is 13.7. The number of nitrogens with zero attached hydrogens (tertiary/aromatic N) is 5. The molecule has 2 aromatic heterocycles. The van der Waals surface area contributed by atoms with Gasteiger partial charge in [0.15, 0.2) is 11.5 Å². The lowest BCUT2D eigenvalue weighted by atomic mass is 10.0. The lowest BCUT2D eigenvalue weighted by Crippen LogP contribution is -2.42. The number of anilines is 1. The Morgan fingerprint density at radius 2 is 1.61 bits per heavy atom. The molecule has 0 saturated heterocycles. The Kier molecular flexibility index (Phi) is 9.19. The number of carbonyl (C=O) groups is 2. The van der Waals surface area contributed by atoms with Crippen LogP contribution in [-0.2, 0) is 22.7 Å². The monoisotopic (exact) mass is 596 g/mol. The van der Waals surface area contributed by atoms with Crippen LogP contribution in [0.1, 0.15) is 17.2 Å². The van der Waals surface area contributed by atoms with Crippen LogP contribution in [0.5, 0.6) is 23.0 Å². The van der Waals surface area contributed by atoms with Gasteiger partial charge in [0.25, 0.3) is 5.91 Å². The van der Waals surface area contributed by atoms with Crippen molar-refractivity contribution in [2.24, 2.45) is 0 Å². The van der Waals surface area contributed by atoms with Gasteiger partial charge in [0.2, 0.25) is 11.7 Å². The van der Waals surface area contributed by atoms with Gasteiger partial charge in [-0.25, -0.2) is 4.68 Å². The number of pyridine rings is 1. The average molecular weight is 597 g/mol. The molecule has 1 N–H and O–H groups in total. The van der Waals surface area contributed by atoms with E-state index in [0.29, 0.717) is 45.3 Å². The van der Waals surface area contributed by atoms with Gasteiger partial charge in [0, 0.05) is 24.6 Å². The van der Waals surface area contributed by atoms with Gasteiger partial charge in [-0.2, -0.15) is 0 Å². The third-order valence-corrected chi connectivity index (χ3v) is 7.02. The highest BCUT2D eigenvalue weighted by molar-refractivity contribution is 5.98. The smallest absolute Gasteiger partial charge is 0.251 e. The molecular formula is C32H32N6O6. The third kappa shape index (κ3) is 6.38. The number of methoxy groups -OCH3 is 4. The lowest BCUT2D eigenvalue weighted by Gasteiger charge is -2.32. The Hall–Kier alpha value is -5.65. The molecule has 0 aliphatic rings. The van der Waals surface area contributed by atoms with Crippen molar-refractivity contribution in [3.05, 3.63) is 96.3 Å². The zero-order valence-electron chi connectivity index (χ0n) is 24.8. The number of fused-ring (bicyclic) bond motifs is 1. The van der Waals surface area contributed by atoms with Crippen LogP contribution in [0.3, 0.4) is 0 Å². The highest BCUT2D eigenvalue weighted by Gasteiger charge is 2.34. The number of rotatable bonds is 12. The molecule has 226 valence electrons. The molecule has 44 heavy (non-hydrogen) atoms. The minimum absolute atomic E-state index is 0.0661. The fourth-order valence-corrected chi connectivity index (χ4v) is 4.88. The van der Waals surface area contributed by atoms with Crippen LogP contribution in [0.25, 0.3) is 11.0 Å². The normalized spacial score (nSPS) is 11.5. The molecule has 2 amide bonds. The maximum Gasteiger partial charge on any atom is 0.251 e. The van der Waals surface area contributed by atoms with Crippen LogP contribution < -0.4 is 24.3 Å². The number of para-hydroxylation sites is 1. The molecule has 0 fully saturated rings. The quantitative estimate of drug-likeness (QED) is 0.224. The van der Waals surface area contributed by atoms with Crippen molar-refractivity contribution in [2.45, 2.75) is 19.1 Å². The first-order chi connectivity index (χ1) is 21.4. The largest absolute Gasteiger partial charge is 0.497 e. The van der Waals surface area contributed by atoms with Crippen LogP contribution in [0.4, 0.5) is 5.69 Å². The van der Waals surface area contributed by atoms with Crippen molar-refractivity contribution >= 4 is 28.5 Å². The van der Waals surface area contributed by atoms with E-state index in [1.165, 1.54) is 30.9 Å². The Morgan fingerprint density at radius 1 is 0.886 bits per heavy atom. The van der Waals surface area contributed by atoms with Gasteiger partial charge in [-0.15, -0.1) is 5.10 Å². The standard InChI is InChI=1S/C32H32N6O6/c1-41-24-13-11-23(12-14-24)34-32(40)30(22-16-27(42-2)31(44-4)28(17-22)43-3)37(19-21-8-7-15-33-18-21)29(39)20-38-26-10-6-5-9-25(26)35-36-38/h5-18,30H,19-20H2,1-4H3,(H,34,40)/t30-/m1/s1. The van der Waals surface area contributed by atoms with Crippen LogP contribution in [-0.4, -0.2) is 65.1 Å². The second-order valence-electron chi connectivity index (χ2n) is 9.70. The molecule has 1 atom stereocenters. The Balaban J connectivity index is 1.62. The van der Waals surface area contributed by atoms with Gasteiger partial charge in [0.1, 0.15) is 23.9 Å². The van der Waals surface area contributed by atoms with Gasteiger partial charge in [0.05, 0.1) is 34.0 Å². The van der Waals surface area contributed by atoms with Crippen molar-refractivity contribution in [3.8, 4) is 23.0 Å². The second-order valence-corrected chi connectivity index (χ2v) is 9.70. The number of hydrogen-bond donors (Lipinski definition) is 1. The van der Waals surface area contributed by atoms with E-state index in [1.807, 2.05) is 30.3 Å².